The molecule has 3 rings (SSSR count). The summed E-state index contributed by atoms with van der Waals surface area (Å²) in [6.07, 6.45) is -0.0647. The van der Waals surface area contributed by atoms with Gasteiger partial charge in [-0.3, -0.25) is 4.79 Å². The largest absolute Gasteiger partial charge is 0.454 e. The minimum absolute atomic E-state index is 0.0647. The van der Waals surface area contributed by atoms with Crippen LogP contribution < -0.4 is 14.8 Å². The molecule has 6 nitrogen and oxygen atoms in total. The van der Waals surface area contributed by atoms with Gasteiger partial charge in [0, 0.05) is 13.0 Å². The van der Waals surface area contributed by atoms with E-state index in [0.29, 0.717) is 22.3 Å². The van der Waals surface area contributed by atoms with Crippen LogP contribution in [0.1, 0.15) is 12.0 Å². The summed E-state index contributed by atoms with van der Waals surface area (Å²) < 4.78 is 34.8. The number of nitrogens with one attached hydrogen (secondary N) is 1. The minimum Gasteiger partial charge on any atom is -0.454 e. The molecular formula is C15H15NO5S2. The van der Waals surface area contributed by atoms with E-state index in [-0.39, 0.29) is 24.9 Å². The third-order valence-electron chi connectivity index (χ3n) is 3.33. The molecule has 0 fully saturated rings. The highest BCUT2D eigenvalue weighted by Gasteiger charge is 2.17. The van der Waals surface area contributed by atoms with Crippen LogP contribution in [-0.4, -0.2) is 26.9 Å². The van der Waals surface area contributed by atoms with Gasteiger partial charge in [0.15, 0.2) is 21.3 Å². The van der Waals surface area contributed by atoms with Crippen molar-refractivity contribution in [2.45, 2.75) is 17.2 Å². The summed E-state index contributed by atoms with van der Waals surface area (Å²) in [6.45, 7) is 0.514. The topological polar surface area (TPSA) is 81.7 Å². The van der Waals surface area contributed by atoms with Crippen molar-refractivity contribution in [2.24, 2.45) is 0 Å². The van der Waals surface area contributed by atoms with Crippen LogP contribution in [0.3, 0.4) is 0 Å². The summed E-state index contributed by atoms with van der Waals surface area (Å²) in [5.41, 5.74) is 0.865. The zero-order valence-corrected chi connectivity index (χ0v) is 13.8. The molecule has 2 heterocycles. The molecule has 0 saturated carbocycles. The van der Waals surface area contributed by atoms with Gasteiger partial charge >= 0.3 is 0 Å². The Morgan fingerprint density at radius 2 is 2.04 bits per heavy atom. The van der Waals surface area contributed by atoms with Gasteiger partial charge in [0.2, 0.25) is 12.7 Å². The third kappa shape index (κ3) is 3.83. The van der Waals surface area contributed by atoms with E-state index in [4.69, 9.17) is 9.47 Å². The maximum absolute atomic E-state index is 12.0. The molecule has 1 N–H and O–H groups in total. The molecule has 0 spiro atoms. The number of fused-ring (bicyclic) bond motifs is 1. The fraction of sp³-hybridized carbons (Fsp3) is 0.267. The molecule has 0 atom stereocenters. The molecule has 0 bridgehead atoms. The average Bonchev–Trinajstić information content (AvgIpc) is 3.21. The van der Waals surface area contributed by atoms with E-state index < -0.39 is 9.84 Å². The predicted molar refractivity (Wildman–Crippen MR) is 85.4 cm³/mol. The van der Waals surface area contributed by atoms with Crippen LogP contribution in [0.4, 0.5) is 0 Å². The lowest BCUT2D eigenvalue weighted by Gasteiger charge is -2.06. The molecule has 1 aliphatic heterocycles. The lowest BCUT2D eigenvalue weighted by Crippen LogP contribution is -2.25. The third-order valence-corrected chi connectivity index (χ3v) is 6.53. The Morgan fingerprint density at radius 3 is 2.83 bits per heavy atom. The number of benzene rings is 1. The predicted octanol–water partition coefficient (Wildman–Crippen LogP) is 1.96. The second-order valence-electron chi connectivity index (χ2n) is 4.97. The molecule has 0 saturated heterocycles. The molecule has 23 heavy (non-hydrogen) atoms. The SMILES string of the molecule is O=C(CCS(=O)(=O)c1cccs1)NCc1ccc2c(c1)OCO2. The molecule has 0 aliphatic carbocycles. The first-order chi connectivity index (χ1) is 11.0. The molecule has 1 aromatic heterocycles. The van der Waals surface area contributed by atoms with E-state index in [9.17, 15) is 13.2 Å². The maximum Gasteiger partial charge on any atom is 0.231 e. The number of carbonyl (C=O) groups is 1. The number of ether oxygens (including phenoxy) is 2. The van der Waals surface area contributed by atoms with Crippen LogP contribution >= 0.6 is 11.3 Å². The normalized spacial score (nSPS) is 13.0. The van der Waals surface area contributed by atoms with Crippen molar-refractivity contribution in [1.82, 2.24) is 5.32 Å². The first-order valence-corrected chi connectivity index (χ1v) is 9.49. The standard InChI is InChI=1S/C15H15NO5S2/c17-14(5-7-23(18,19)15-2-1-6-22-15)16-9-11-3-4-12-13(8-11)21-10-20-12/h1-4,6,8H,5,7,9-10H2,(H,16,17). The smallest absolute Gasteiger partial charge is 0.231 e. The molecule has 0 unspecified atom stereocenters. The fourth-order valence-electron chi connectivity index (χ4n) is 2.11. The highest BCUT2D eigenvalue weighted by molar-refractivity contribution is 7.93. The number of amides is 1. The average molecular weight is 353 g/mol. The highest BCUT2D eigenvalue weighted by atomic mass is 32.2. The molecule has 1 amide bonds. The Kier molecular flexibility index (Phi) is 4.53. The molecule has 122 valence electrons. The van der Waals surface area contributed by atoms with Crippen LogP contribution in [0.5, 0.6) is 11.5 Å². The Hall–Kier alpha value is -2.06. The molecular weight excluding hydrogens is 338 g/mol. The molecule has 1 aromatic carbocycles. The molecule has 1 aliphatic rings. The van der Waals surface area contributed by atoms with Gasteiger partial charge in [-0.25, -0.2) is 8.42 Å². The summed E-state index contributed by atoms with van der Waals surface area (Å²) in [7, 11) is -3.38. The number of sulfone groups is 1. The minimum atomic E-state index is -3.38. The summed E-state index contributed by atoms with van der Waals surface area (Å²) >= 11 is 1.16. The van der Waals surface area contributed by atoms with E-state index in [1.807, 2.05) is 6.07 Å². The number of thiophene rings is 1. The van der Waals surface area contributed by atoms with E-state index in [0.717, 1.165) is 16.9 Å². The van der Waals surface area contributed by atoms with E-state index in [1.165, 1.54) is 0 Å². The summed E-state index contributed by atoms with van der Waals surface area (Å²) in [6, 6.07) is 8.63. The van der Waals surface area contributed by atoms with Crippen molar-refractivity contribution in [1.29, 1.82) is 0 Å². The second kappa shape index (κ2) is 6.59. The van der Waals surface area contributed by atoms with Crippen LogP contribution in [-0.2, 0) is 21.2 Å². The van der Waals surface area contributed by atoms with Crippen LogP contribution in [0.2, 0.25) is 0 Å². The molecule has 2 aromatic rings. The van der Waals surface area contributed by atoms with Crippen molar-refractivity contribution in [3.05, 3.63) is 41.3 Å². The molecule has 8 heteroatoms. The Balaban J connectivity index is 1.50. The Labute approximate surface area is 138 Å². The van der Waals surface area contributed by atoms with Gasteiger partial charge in [0.25, 0.3) is 0 Å². The first kappa shape index (κ1) is 15.8. The lowest BCUT2D eigenvalue weighted by molar-refractivity contribution is -0.120. The van der Waals surface area contributed by atoms with Gasteiger partial charge in [0.05, 0.1) is 5.75 Å². The van der Waals surface area contributed by atoms with E-state index in [2.05, 4.69) is 5.32 Å². The number of hydrogen-bond donors (Lipinski definition) is 1. The van der Waals surface area contributed by atoms with Gasteiger partial charge in [-0.2, -0.15) is 0 Å². The Morgan fingerprint density at radius 1 is 1.22 bits per heavy atom. The monoisotopic (exact) mass is 353 g/mol. The summed E-state index contributed by atoms with van der Waals surface area (Å²) in [4.78, 5) is 11.8. The van der Waals surface area contributed by atoms with Crippen LogP contribution in [0, 0.1) is 0 Å². The van der Waals surface area contributed by atoms with Crippen molar-refractivity contribution in [2.75, 3.05) is 12.5 Å². The number of rotatable bonds is 6. The van der Waals surface area contributed by atoms with E-state index >= 15 is 0 Å². The van der Waals surface area contributed by atoms with Crippen LogP contribution in [0.25, 0.3) is 0 Å². The van der Waals surface area contributed by atoms with Gasteiger partial charge in [-0.15, -0.1) is 11.3 Å². The van der Waals surface area contributed by atoms with E-state index in [1.54, 1.807) is 29.6 Å². The van der Waals surface area contributed by atoms with Crippen molar-refractivity contribution >= 4 is 27.1 Å². The second-order valence-corrected chi connectivity index (χ2v) is 8.25. The Bertz CT molecular complexity index is 799. The number of hydrogen-bond acceptors (Lipinski definition) is 6. The van der Waals surface area contributed by atoms with Crippen molar-refractivity contribution in [3.8, 4) is 11.5 Å². The van der Waals surface area contributed by atoms with Gasteiger partial charge < -0.3 is 14.8 Å². The number of carbonyl (C=O) groups excluding carboxylic acids is 1. The first-order valence-electron chi connectivity index (χ1n) is 6.96. The lowest BCUT2D eigenvalue weighted by atomic mass is 10.2. The fourth-order valence-corrected chi connectivity index (χ4v) is 4.50. The maximum atomic E-state index is 12.0. The quantitative estimate of drug-likeness (QED) is 0.858. The van der Waals surface area contributed by atoms with Gasteiger partial charge in [-0.05, 0) is 29.1 Å². The van der Waals surface area contributed by atoms with Gasteiger partial charge in [0.1, 0.15) is 4.21 Å². The van der Waals surface area contributed by atoms with Crippen LogP contribution in [0.15, 0.2) is 39.9 Å². The molecule has 0 radical (unpaired) electrons. The zero-order valence-electron chi connectivity index (χ0n) is 12.2. The van der Waals surface area contributed by atoms with Gasteiger partial charge in [-0.1, -0.05) is 12.1 Å². The highest BCUT2D eigenvalue weighted by Crippen LogP contribution is 2.32. The zero-order chi connectivity index (χ0) is 16.3. The van der Waals surface area contributed by atoms with Crippen molar-refractivity contribution < 1.29 is 22.7 Å². The van der Waals surface area contributed by atoms with Crippen molar-refractivity contribution in [3.63, 3.8) is 0 Å². The summed E-state index contributed by atoms with van der Waals surface area (Å²) in [5, 5.41) is 4.41. The summed E-state index contributed by atoms with van der Waals surface area (Å²) in [5.74, 6) is 0.836.